The van der Waals surface area contributed by atoms with Crippen LogP contribution in [0.25, 0.3) is 11.4 Å². The first-order valence-electron chi connectivity index (χ1n) is 8.31. The number of rotatable bonds is 5. The van der Waals surface area contributed by atoms with E-state index in [1.807, 2.05) is 12.1 Å². The van der Waals surface area contributed by atoms with Gasteiger partial charge in [0.2, 0.25) is 11.8 Å². The molecule has 7 heteroatoms. The Hall–Kier alpha value is -3.48. The number of carbonyl (C=O) groups excluding carboxylic acids is 1. The van der Waals surface area contributed by atoms with Crippen molar-refractivity contribution in [1.82, 2.24) is 15.0 Å². The fourth-order valence-corrected chi connectivity index (χ4v) is 2.40. The van der Waals surface area contributed by atoms with Crippen LogP contribution in [0, 0.1) is 5.92 Å². The topological polar surface area (TPSA) is 103 Å². The van der Waals surface area contributed by atoms with E-state index in [0.29, 0.717) is 17.3 Å². The van der Waals surface area contributed by atoms with Crippen LogP contribution in [0.3, 0.4) is 0 Å². The van der Waals surface area contributed by atoms with E-state index >= 15 is 0 Å². The number of nitrogen functional groups attached to an aromatic ring is 1. The van der Waals surface area contributed by atoms with Gasteiger partial charge in [0.05, 0.1) is 6.20 Å². The number of nitrogens with one attached hydrogen (secondary N) is 1. The number of ether oxygens (including phenoxy) is 1. The van der Waals surface area contributed by atoms with E-state index in [-0.39, 0.29) is 17.7 Å². The number of hydrogen-bond donors (Lipinski definition) is 2. The average molecular weight is 347 g/mol. The Kier molecular flexibility index (Phi) is 4.18. The summed E-state index contributed by atoms with van der Waals surface area (Å²) < 4.78 is 5.78. The normalized spacial score (nSPS) is 13.2. The third-order valence-corrected chi connectivity index (χ3v) is 3.98. The molecular weight excluding hydrogens is 330 g/mol. The summed E-state index contributed by atoms with van der Waals surface area (Å²) in [5.74, 6) is 1.55. The van der Waals surface area contributed by atoms with Crippen molar-refractivity contribution in [3.63, 3.8) is 0 Å². The quantitative estimate of drug-likeness (QED) is 0.734. The molecule has 2 heterocycles. The maximum atomic E-state index is 11.8. The summed E-state index contributed by atoms with van der Waals surface area (Å²) in [6.45, 7) is 0. The lowest BCUT2D eigenvalue weighted by Gasteiger charge is -2.10. The van der Waals surface area contributed by atoms with Crippen molar-refractivity contribution in [2.45, 2.75) is 12.8 Å². The van der Waals surface area contributed by atoms with E-state index in [1.54, 1.807) is 36.7 Å². The fraction of sp³-hybridized carbons (Fsp3) is 0.158. The van der Waals surface area contributed by atoms with Gasteiger partial charge in [0.1, 0.15) is 11.4 Å². The van der Waals surface area contributed by atoms with Crippen molar-refractivity contribution in [3.8, 4) is 23.0 Å². The predicted molar refractivity (Wildman–Crippen MR) is 97.5 cm³/mol. The maximum absolute atomic E-state index is 11.8. The number of aromatic nitrogens is 3. The molecule has 3 aromatic rings. The lowest BCUT2D eigenvalue weighted by Crippen LogP contribution is -2.12. The molecule has 1 saturated carbocycles. The van der Waals surface area contributed by atoms with E-state index in [1.165, 1.54) is 6.20 Å². The Labute approximate surface area is 150 Å². The predicted octanol–water partition coefficient (Wildman–Crippen LogP) is 3.26. The lowest BCUT2D eigenvalue weighted by atomic mass is 10.2. The van der Waals surface area contributed by atoms with Gasteiger partial charge in [0, 0.05) is 29.6 Å². The largest absolute Gasteiger partial charge is 0.437 e. The van der Waals surface area contributed by atoms with E-state index in [0.717, 1.165) is 24.1 Å². The molecule has 4 rings (SSSR count). The number of pyridine rings is 1. The molecule has 130 valence electrons. The first kappa shape index (κ1) is 16.0. The van der Waals surface area contributed by atoms with Gasteiger partial charge in [-0.3, -0.25) is 9.78 Å². The molecule has 7 nitrogen and oxygen atoms in total. The summed E-state index contributed by atoms with van der Waals surface area (Å²) in [5.41, 5.74) is 7.78. The van der Waals surface area contributed by atoms with Crippen molar-refractivity contribution < 1.29 is 9.53 Å². The standard InChI is InChI=1S/C19H17N5O2/c20-16-11-22-17(13-2-1-9-21-10-13)24-19(16)26-15-7-5-14(6-8-15)23-18(25)12-3-4-12/h1-2,5-12H,3-4,20H2,(H,23,25). The van der Waals surface area contributed by atoms with Crippen molar-refractivity contribution in [2.75, 3.05) is 11.1 Å². The SMILES string of the molecule is Nc1cnc(-c2cccnc2)nc1Oc1ccc(NC(=O)C2CC2)cc1. The second-order valence-corrected chi connectivity index (χ2v) is 6.09. The summed E-state index contributed by atoms with van der Waals surface area (Å²) in [7, 11) is 0. The highest BCUT2D eigenvalue weighted by atomic mass is 16.5. The molecule has 26 heavy (non-hydrogen) atoms. The minimum atomic E-state index is 0.0693. The van der Waals surface area contributed by atoms with Crippen molar-refractivity contribution in [2.24, 2.45) is 5.92 Å². The van der Waals surface area contributed by atoms with Crippen molar-refractivity contribution in [3.05, 3.63) is 55.0 Å². The molecule has 0 aliphatic heterocycles. The number of nitrogens with zero attached hydrogens (tertiary/aromatic N) is 3. The molecular formula is C19H17N5O2. The molecule has 1 aromatic carbocycles. The summed E-state index contributed by atoms with van der Waals surface area (Å²) in [6, 6.07) is 10.8. The summed E-state index contributed by atoms with van der Waals surface area (Å²) >= 11 is 0. The second-order valence-electron chi connectivity index (χ2n) is 6.09. The second kappa shape index (κ2) is 6.79. The lowest BCUT2D eigenvalue weighted by molar-refractivity contribution is -0.117. The molecule has 0 unspecified atom stereocenters. The van der Waals surface area contributed by atoms with Gasteiger partial charge in [-0.05, 0) is 49.2 Å². The van der Waals surface area contributed by atoms with Gasteiger partial charge in [0.25, 0.3) is 0 Å². The van der Waals surface area contributed by atoms with Gasteiger partial charge in [-0.25, -0.2) is 4.98 Å². The van der Waals surface area contributed by atoms with Gasteiger partial charge >= 0.3 is 0 Å². The third kappa shape index (κ3) is 3.61. The van der Waals surface area contributed by atoms with Gasteiger partial charge in [-0.1, -0.05) is 0 Å². The van der Waals surface area contributed by atoms with E-state index in [4.69, 9.17) is 10.5 Å². The molecule has 0 atom stereocenters. The average Bonchev–Trinajstić information content (AvgIpc) is 3.51. The van der Waals surface area contributed by atoms with Crippen molar-refractivity contribution in [1.29, 1.82) is 0 Å². The third-order valence-electron chi connectivity index (χ3n) is 3.98. The number of anilines is 2. The Balaban J connectivity index is 1.50. The van der Waals surface area contributed by atoms with Gasteiger partial charge in [0.15, 0.2) is 5.82 Å². The number of carbonyl (C=O) groups is 1. The zero-order valence-corrected chi connectivity index (χ0v) is 13.9. The summed E-state index contributed by atoms with van der Waals surface area (Å²) in [6.07, 6.45) is 6.81. The van der Waals surface area contributed by atoms with E-state index < -0.39 is 0 Å². The van der Waals surface area contributed by atoms with Crippen LogP contribution in [0.5, 0.6) is 11.6 Å². The van der Waals surface area contributed by atoms with Crippen LogP contribution >= 0.6 is 0 Å². The Morgan fingerprint density at radius 2 is 1.96 bits per heavy atom. The van der Waals surface area contributed by atoms with Crippen LogP contribution in [0.15, 0.2) is 55.0 Å². The molecule has 1 aliphatic carbocycles. The minimum absolute atomic E-state index is 0.0693. The summed E-state index contributed by atoms with van der Waals surface area (Å²) in [4.78, 5) is 24.4. The monoisotopic (exact) mass is 347 g/mol. The number of benzene rings is 1. The van der Waals surface area contributed by atoms with Crippen LogP contribution in [-0.2, 0) is 4.79 Å². The highest BCUT2D eigenvalue weighted by molar-refractivity contribution is 5.94. The molecule has 1 aliphatic rings. The molecule has 0 radical (unpaired) electrons. The van der Waals surface area contributed by atoms with E-state index in [2.05, 4.69) is 20.3 Å². The molecule has 3 N–H and O–H groups in total. The number of hydrogen-bond acceptors (Lipinski definition) is 6. The van der Waals surface area contributed by atoms with Crippen molar-refractivity contribution >= 4 is 17.3 Å². The molecule has 0 saturated heterocycles. The zero-order valence-electron chi connectivity index (χ0n) is 13.9. The number of nitrogens with two attached hydrogens (primary N) is 1. The molecule has 2 aromatic heterocycles. The van der Waals surface area contributed by atoms with Crippen LogP contribution < -0.4 is 15.8 Å². The van der Waals surface area contributed by atoms with Gasteiger partial charge < -0.3 is 15.8 Å². The van der Waals surface area contributed by atoms with E-state index in [9.17, 15) is 4.79 Å². The molecule has 0 spiro atoms. The van der Waals surface area contributed by atoms with Crippen LogP contribution in [-0.4, -0.2) is 20.9 Å². The first-order valence-corrected chi connectivity index (χ1v) is 8.31. The van der Waals surface area contributed by atoms with Crippen LogP contribution in [0.2, 0.25) is 0 Å². The van der Waals surface area contributed by atoms with Gasteiger partial charge in [-0.2, -0.15) is 4.98 Å². The molecule has 1 amide bonds. The Morgan fingerprint density at radius 3 is 2.65 bits per heavy atom. The molecule has 0 bridgehead atoms. The molecule has 1 fully saturated rings. The summed E-state index contributed by atoms with van der Waals surface area (Å²) in [5, 5.41) is 2.89. The maximum Gasteiger partial charge on any atom is 0.246 e. The fourth-order valence-electron chi connectivity index (χ4n) is 2.40. The number of amides is 1. The minimum Gasteiger partial charge on any atom is -0.437 e. The highest BCUT2D eigenvalue weighted by Gasteiger charge is 2.29. The first-order chi connectivity index (χ1) is 12.7. The van der Waals surface area contributed by atoms with Gasteiger partial charge in [-0.15, -0.1) is 0 Å². The Morgan fingerprint density at radius 1 is 1.15 bits per heavy atom. The smallest absolute Gasteiger partial charge is 0.246 e. The van der Waals surface area contributed by atoms with Crippen LogP contribution in [0.4, 0.5) is 11.4 Å². The highest BCUT2D eigenvalue weighted by Crippen LogP contribution is 2.31. The Bertz CT molecular complexity index is 924. The zero-order chi connectivity index (χ0) is 17.9. The van der Waals surface area contributed by atoms with Crippen LogP contribution in [0.1, 0.15) is 12.8 Å².